The monoisotopic (exact) mass is 413 g/mol. The van der Waals surface area contributed by atoms with Gasteiger partial charge in [-0.3, -0.25) is 4.90 Å². The minimum absolute atomic E-state index is 0.340. The lowest BCUT2D eigenvalue weighted by molar-refractivity contribution is -0.137. The molecular weight excluding hydrogens is 383 g/mol. The minimum atomic E-state index is -4.36. The quantitative estimate of drug-likeness (QED) is 0.738. The predicted molar refractivity (Wildman–Crippen MR) is 106 cm³/mol. The van der Waals surface area contributed by atoms with Crippen LogP contribution < -0.4 is 4.90 Å². The number of carbonyl (C=O) groups is 1. The highest BCUT2D eigenvalue weighted by atomic mass is 19.4. The third-order valence-corrected chi connectivity index (χ3v) is 5.21. The molecule has 1 aromatic carbocycles. The number of ether oxygens (including phenoxy) is 1. The molecule has 29 heavy (non-hydrogen) atoms. The normalized spacial score (nSPS) is 19.0. The highest BCUT2D eigenvalue weighted by Crippen LogP contribution is 2.34. The molecular formula is C21H30F3N3O2. The minimum Gasteiger partial charge on any atom is -0.444 e. The number of amides is 1. The van der Waals surface area contributed by atoms with E-state index in [-0.39, 0.29) is 6.09 Å². The Kier molecular flexibility index (Phi) is 6.31. The van der Waals surface area contributed by atoms with Crippen molar-refractivity contribution in [1.29, 1.82) is 0 Å². The molecule has 2 aliphatic rings. The van der Waals surface area contributed by atoms with Crippen molar-refractivity contribution in [2.75, 3.05) is 44.2 Å². The van der Waals surface area contributed by atoms with Gasteiger partial charge in [0.25, 0.3) is 0 Å². The molecule has 0 aliphatic carbocycles. The second kappa shape index (κ2) is 8.42. The van der Waals surface area contributed by atoms with Gasteiger partial charge in [0.05, 0.1) is 5.56 Å². The van der Waals surface area contributed by atoms with Crippen molar-refractivity contribution in [3.05, 3.63) is 29.3 Å². The van der Waals surface area contributed by atoms with Crippen molar-refractivity contribution < 1.29 is 22.7 Å². The summed E-state index contributed by atoms with van der Waals surface area (Å²) in [7, 11) is 0. The molecule has 0 unspecified atom stereocenters. The largest absolute Gasteiger partial charge is 0.444 e. The van der Waals surface area contributed by atoms with Gasteiger partial charge in [-0.1, -0.05) is 0 Å². The first-order chi connectivity index (χ1) is 13.5. The molecule has 2 aliphatic heterocycles. The maximum atomic E-state index is 13.4. The smallest absolute Gasteiger partial charge is 0.416 e. The van der Waals surface area contributed by atoms with Gasteiger partial charge in [-0.25, -0.2) is 4.79 Å². The van der Waals surface area contributed by atoms with E-state index in [1.807, 2.05) is 31.7 Å². The van der Waals surface area contributed by atoms with Crippen LogP contribution in [0.3, 0.4) is 0 Å². The van der Waals surface area contributed by atoms with Gasteiger partial charge in [0.15, 0.2) is 0 Å². The molecule has 1 amide bonds. The van der Waals surface area contributed by atoms with E-state index in [0.717, 1.165) is 25.9 Å². The third-order valence-electron chi connectivity index (χ3n) is 5.21. The van der Waals surface area contributed by atoms with E-state index in [4.69, 9.17) is 4.74 Å². The van der Waals surface area contributed by atoms with Crippen LogP contribution in [0.1, 0.15) is 44.7 Å². The number of anilines is 1. The molecule has 162 valence electrons. The van der Waals surface area contributed by atoms with Crippen LogP contribution >= 0.6 is 0 Å². The first-order valence-corrected chi connectivity index (χ1v) is 10.2. The summed E-state index contributed by atoms with van der Waals surface area (Å²) in [5.41, 5.74) is 0.176. The fourth-order valence-electron chi connectivity index (χ4n) is 3.76. The summed E-state index contributed by atoms with van der Waals surface area (Å²) in [5, 5.41) is 0. The Morgan fingerprint density at radius 3 is 2.14 bits per heavy atom. The van der Waals surface area contributed by atoms with Gasteiger partial charge in [0, 0.05) is 51.5 Å². The number of rotatable bonds is 3. The third kappa shape index (κ3) is 6.01. The summed E-state index contributed by atoms with van der Waals surface area (Å²) in [6.45, 7) is 9.74. The molecule has 1 aromatic rings. The molecule has 0 spiro atoms. The van der Waals surface area contributed by atoms with Gasteiger partial charge in [-0.05, 0) is 57.4 Å². The summed E-state index contributed by atoms with van der Waals surface area (Å²) in [6, 6.07) is 4.38. The molecule has 2 saturated heterocycles. The van der Waals surface area contributed by atoms with Crippen molar-refractivity contribution in [2.45, 2.75) is 51.9 Å². The average molecular weight is 413 g/mol. The van der Waals surface area contributed by atoms with Crippen LogP contribution in [0.2, 0.25) is 0 Å². The van der Waals surface area contributed by atoms with Crippen LogP contribution in [0.4, 0.5) is 23.7 Å². The fraction of sp³-hybridized carbons (Fsp3) is 0.667. The highest BCUT2D eigenvalue weighted by molar-refractivity contribution is 5.68. The number of benzene rings is 1. The van der Waals surface area contributed by atoms with Gasteiger partial charge >= 0.3 is 12.3 Å². The van der Waals surface area contributed by atoms with E-state index in [9.17, 15) is 18.0 Å². The number of hydrogen-bond acceptors (Lipinski definition) is 4. The van der Waals surface area contributed by atoms with Crippen molar-refractivity contribution in [3.8, 4) is 0 Å². The molecule has 2 fully saturated rings. The van der Waals surface area contributed by atoms with Gasteiger partial charge in [-0.2, -0.15) is 13.2 Å². The summed E-state index contributed by atoms with van der Waals surface area (Å²) in [6.07, 6.45) is -2.68. The summed E-state index contributed by atoms with van der Waals surface area (Å²) in [4.78, 5) is 18.0. The van der Waals surface area contributed by atoms with Crippen LogP contribution in [-0.2, 0) is 17.5 Å². The zero-order chi connectivity index (χ0) is 21.2. The molecule has 0 N–H and O–H groups in total. The number of alkyl halides is 3. The number of carbonyl (C=O) groups excluding carboxylic acids is 1. The van der Waals surface area contributed by atoms with Crippen LogP contribution in [0.25, 0.3) is 0 Å². The Bertz CT molecular complexity index is 717. The average Bonchev–Trinajstić information content (AvgIpc) is 3.14. The van der Waals surface area contributed by atoms with Crippen LogP contribution in [0.5, 0.6) is 0 Å². The van der Waals surface area contributed by atoms with Crippen molar-refractivity contribution >= 4 is 11.8 Å². The molecule has 2 heterocycles. The van der Waals surface area contributed by atoms with Crippen LogP contribution in [0.15, 0.2) is 18.2 Å². The number of nitrogens with zero attached hydrogens (tertiary/aromatic N) is 3. The number of piperazine rings is 1. The van der Waals surface area contributed by atoms with Crippen molar-refractivity contribution in [1.82, 2.24) is 9.80 Å². The predicted octanol–water partition coefficient (Wildman–Crippen LogP) is 4.36. The first-order valence-electron chi connectivity index (χ1n) is 10.2. The van der Waals surface area contributed by atoms with Gasteiger partial charge in [0.1, 0.15) is 5.60 Å². The summed E-state index contributed by atoms with van der Waals surface area (Å²) in [5.74, 6) is 0. The van der Waals surface area contributed by atoms with E-state index in [0.29, 0.717) is 44.0 Å². The summed E-state index contributed by atoms with van der Waals surface area (Å²) < 4.78 is 45.6. The maximum absolute atomic E-state index is 13.4. The molecule has 0 bridgehead atoms. The zero-order valence-corrected chi connectivity index (χ0v) is 17.4. The van der Waals surface area contributed by atoms with Crippen LogP contribution in [0, 0.1) is 0 Å². The van der Waals surface area contributed by atoms with Gasteiger partial charge in [-0.15, -0.1) is 0 Å². The molecule has 0 radical (unpaired) electrons. The van der Waals surface area contributed by atoms with E-state index >= 15 is 0 Å². The second-order valence-corrected chi connectivity index (χ2v) is 8.82. The first kappa shape index (κ1) is 21.7. The number of halogens is 3. The van der Waals surface area contributed by atoms with E-state index < -0.39 is 17.3 Å². The molecule has 0 saturated carbocycles. The Morgan fingerprint density at radius 1 is 0.966 bits per heavy atom. The SMILES string of the molecule is CC(C)(C)OC(=O)N1CCN(Cc2cc(N3CCCC3)cc(C(F)(F)F)c2)CC1. The van der Waals surface area contributed by atoms with Crippen LogP contribution in [-0.4, -0.2) is 60.8 Å². The lowest BCUT2D eigenvalue weighted by atomic mass is 10.1. The van der Waals surface area contributed by atoms with Crippen molar-refractivity contribution in [3.63, 3.8) is 0 Å². The molecule has 3 rings (SSSR count). The molecule has 0 atom stereocenters. The Hall–Kier alpha value is -1.96. The van der Waals surface area contributed by atoms with E-state index in [1.54, 1.807) is 4.90 Å². The Balaban J connectivity index is 1.66. The lowest BCUT2D eigenvalue weighted by Gasteiger charge is -2.35. The van der Waals surface area contributed by atoms with Gasteiger partial charge in [0.2, 0.25) is 0 Å². The zero-order valence-electron chi connectivity index (χ0n) is 17.4. The number of hydrogen-bond donors (Lipinski definition) is 0. The Labute approximate surface area is 170 Å². The Morgan fingerprint density at radius 2 is 1.59 bits per heavy atom. The molecule has 8 heteroatoms. The molecule has 5 nitrogen and oxygen atoms in total. The van der Waals surface area contributed by atoms with Crippen molar-refractivity contribution in [2.24, 2.45) is 0 Å². The van der Waals surface area contributed by atoms with E-state index in [2.05, 4.69) is 4.90 Å². The standard InChI is InChI=1S/C21H30F3N3O2/c1-20(2,3)29-19(28)27-10-8-25(9-11-27)15-16-12-17(21(22,23)24)14-18(13-16)26-6-4-5-7-26/h12-14H,4-11,15H2,1-3H3. The second-order valence-electron chi connectivity index (χ2n) is 8.82. The van der Waals surface area contributed by atoms with Gasteiger partial charge < -0.3 is 14.5 Å². The topological polar surface area (TPSA) is 36.0 Å². The summed E-state index contributed by atoms with van der Waals surface area (Å²) >= 11 is 0. The fourth-order valence-corrected chi connectivity index (χ4v) is 3.76. The maximum Gasteiger partial charge on any atom is 0.416 e. The highest BCUT2D eigenvalue weighted by Gasteiger charge is 2.32. The van der Waals surface area contributed by atoms with E-state index in [1.165, 1.54) is 12.1 Å². The lowest BCUT2D eigenvalue weighted by Crippen LogP contribution is -2.49. The molecule has 0 aromatic heterocycles.